The van der Waals surface area contributed by atoms with Gasteiger partial charge in [0.05, 0.1) is 10.6 Å². The first-order valence-electron chi connectivity index (χ1n) is 15.7. The number of nitrogens with zero attached hydrogens (tertiary/aromatic N) is 2. The van der Waals surface area contributed by atoms with Crippen molar-refractivity contribution in [1.29, 1.82) is 0 Å². The molecule has 1 atom stereocenters. The van der Waals surface area contributed by atoms with Crippen LogP contribution in [0.1, 0.15) is 47.9 Å². The number of sulfonamides is 1. The van der Waals surface area contributed by atoms with E-state index in [1.54, 1.807) is 30.3 Å². The number of carbonyl (C=O) groups is 2. The van der Waals surface area contributed by atoms with Crippen molar-refractivity contribution in [2.75, 3.05) is 10.8 Å². The van der Waals surface area contributed by atoms with E-state index in [2.05, 4.69) is 5.32 Å². The molecule has 4 aromatic rings. The smallest absolute Gasteiger partial charge is 0.264 e. The number of rotatable bonds is 12. The van der Waals surface area contributed by atoms with Crippen LogP contribution in [0.5, 0.6) is 0 Å². The Balaban J connectivity index is 1.58. The zero-order valence-electron chi connectivity index (χ0n) is 26.5. The number of aryl methyl sites for hydroxylation is 2. The van der Waals surface area contributed by atoms with Crippen LogP contribution in [-0.2, 0) is 32.6 Å². The normalized spacial score (nSPS) is 14.0. The molecule has 0 spiro atoms. The fourth-order valence-electron chi connectivity index (χ4n) is 5.90. The monoisotopic (exact) mass is 691 g/mol. The second-order valence-electron chi connectivity index (χ2n) is 12.1. The largest absolute Gasteiger partial charge is 0.352 e. The summed E-state index contributed by atoms with van der Waals surface area (Å²) >= 11 is 12.4. The predicted octanol–water partition coefficient (Wildman–Crippen LogP) is 7.50. The zero-order chi connectivity index (χ0) is 33.6. The Morgan fingerprint density at radius 1 is 0.809 bits per heavy atom. The summed E-state index contributed by atoms with van der Waals surface area (Å²) in [6.07, 6.45) is 4.08. The van der Waals surface area contributed by atoms with Crippen molar-refractivity contribution in [2.24, 2.45) is 0 Å². The molecule has 1 fully saturated rings. The van der Waals surface area contributed by atoms with Crippen LogP contribution in [0.15, 0.2) is 102 Å². The quantitative estimate of drug-likeness (QED) is 0.167. The lowest BCUT2D eigenvalue weighted by molar-refractivity contribution is -0.140. The summed E-state index contributed by atoms with van der Waals surface area (Å²) in [6, 6.07) is 26.9. The number of nitrogens with one attached hydrogen (secondary N) is 1. The Bertz CT molecular complexity index is 1810. The van der Waals surface area contributed by atoms with Crippen molar-refractivity contribution in [3.05, 3.63) is 129 Å². The standard InChI is InChI=1S/C37H39Cl2N3O4S/c1-26-15-18-33(21-27(26)2)42(47(45,46)34-19-16-30(38)17-20-34)25-36(43)41(24-29-11-8-12-31(39)22-29)35(23-28-9-4-3-5-10-28)37(44)40-32-13-6-7-14-32/h3-5,8-12,15-22,32,35H,6-7,13-14,23-25H2,1-2H3,(H,40,44). The Hall–Kier alpha value is -3.85. The summed E-state index contributed by atoms with van der Waals surface area (Å²) in [4.78, 5) is 30.3. The first-order chi connectivity index (χ1) is 22.5. The minimum absolute atomic E-state index is 0.00543. The molecule has 1 aliphatic rings. The number of hydrogen-bond acceptors (Lipinski definition) is 4. The average molecular weight is 693 g/mol. The van der Waals surface area contributed by atoms with Gasteiger partial charge in [0.1, 0.15) is 12.6 Å². The van der Waals surface area contributed by atoms with Crippen LogP contribution in [0.2, 0.25) is 10.0 Å². The molecule has 1 N–H and O–H groups in total. The van der Waals surface area contributed by atoms with E-state index in [-0.39, 0.29) is 29.8 Å². The fraction of sp³-hybridized carbons (Fsp3) is 0.297. The molecule has 246 valence electrons. The van der Waals surface area contributed by atoms with Gasteiger partial charge < -0.3 is 10.2 Å². The van der Waals surface area contributed by atoms with Gasteiger partial charge in [0.2, 0.25) is 11.8 Å². The summed E-state index contributed by atoms with van der Waals surface area (Å²) in [5, 5.41) is 4.07. The number of carbonyl (C=O) groups excluding carboxylic acids is 2. The van der Waals surface area contributed by atoms with Crippen molar-refractivity contribution in [1.82, 2.24) is 10.2 Å². The minimum atomic E-state index is -4.23. The lowest BCUT2D eigenvalue weighted by atomic mass is 10.0. The van der Waals surface area contributed by atoms with Gasteiger partial charge in [-0.2, -0.15) is 0 Å². The summed E-state index contributed by atoms with van der Waals surface area (Å²) < 4.78 is 29.6. The molecule has 4 aromatic carbocycles. The van der Waals surface area contributed by atoms with Crippen molar-refractivity contribution < 1.29 is 18.0 Å². The van der Waals surface area contributed by atoms with Gasteiger partial charge in [-0.15, -0.1) is 0 Å². The highest BCUT2D eigenvalue weighted by Crippen LogP contribution is 2.28. The molecule has 0 saturated heterocycles. The maximum absolute atomic E-state index is 14.7. The van der Waals surface area contributed by atoms with E-state index in [1.807, 2.05) is 56.3 Å². The topological polar surface area (TPSA) is 86.8 Å². The minimum Gasteiger partial charge on any atom is -0.352 e. The van der Waals surface area contributed by atoms with Gasteiger partial charge in [-0.3, -0.25) is 13.9 Å². The molecule has 0 aromatic heterocycles. The van der Waals surface area contributed by atoms with E-state index in [9.17, 15) is 18.0 Å². The van der Waals surface area contributed by atoms with Gasteiger partial charge >= 0.3 is 0 Å². The molecule has 0 radical (unpaired) electrons. The second kappa shape index (κ2) is 15.4. The molecule has 47 heavy (non-hydrogen) atoms. The van der Waals surface area contributed by atoms with Crippen LogP contribution in [-0.4, -0.2) is 43.8 Å². The first-order valence-corrected chi connectivity index (χ1v) is 17.9. The summed E-state index contributed by atoms with van der Waals surface area (Å²) in [5.74, 6) is -0.794. The Labute approximate surface area is 287 Å². The van der Waals surface area contributed by atoms with Gasteiger partial charge in [-0.1, -0.05) is 84.6 Å². The van der Waals surface area contributed by atoms with E-state index in [0.29, 0.717) is 15.7 Å². The molecular weight excluding hydrogens is 653 g/mol. The number of halogens is 2. The number of anilines is 1. The van der Waals surface area contributed by atoms with Crippen LogP contribution >= 0.6 is 23.2 Å². The summed E-state index contributed by atoms with van der Waals surface area (Å²) in [6.45, 7) is 3.35. The van der Waals surface area contributed by atoms with E-state index < -0.39 is 28.5 Å². The highest BCUT2D eigenvalue weighted by Gasteiger charge is 2.35. The third kappa shape index (κ3) is 8.74. The van der Waals surface area contributed by atoms with Crippen LogP contribution in [0, 0.1) is 13.8 Å². The van der Waals surface area contributed by atoms with Crippen LogP contribution in [0.4, 0.5) is 5.69 Å². The fourth-order valence-corrected chi connectivity index (χ4v) is 7.64. The van der Waals surface area contributed by atoms with Crippen LogP contribution < -0.4 is 9.62 Å². The van der Waals surface area contributed by atoms with Gasteiger partial charge in [0.15, 0.2) is 0 Å². The van der Waals surface area contributed by atoms with Gasteiger partial charge in [-0.25, -0.2) is 8.42 Å². The summed E-state index contributed by atoms with van der Waals surface area (Å²) in [5.41, 5.74) is 3.80. The van der Waals surface area contributed by atoms with E-state index in [4.69, 9.17) is 23.2 Å². The highest BCUT2D eigenvalue weighted by molar-refractivity contribution is 7.92. The average Bonchev–Trinajstić information content (AvgIpc) is 3.56. The molecule has 0 aliphatic heterocycles. The lowest BCUT2D eigenvalue weighted by Gasteiger charge is -2.34. The predicted molar refractivity (Wildman–Crippen MR) is 188 cm³/mol. The molecule has 1 saturated carbocycles. The van der Waals surface area contributed by atoms with Crippen molar-refractivity contribution in [3.63, 3.8) is 0 Å². The maximum atomic E-state index is 14.7. The molecule has 5 rings (SSSR count). The molecule has 0 heterocycles. The second-order valence-corrected chi connectivity index (χ2v) is 14.8. The Morgan fingerprint density at radius 3 is 2.15 bits per heavy atom. The van der Waals surface area contributed by atoms with Gasteiger partial charge in [0.25, 0.3) is 10.0 Å². The van der Waals surface area contributed by atoms with E-state index >= 15 is 0 Å². The third-order valence-corrected chi connectivity index (χ3v) is 10.9. The van der Waals surface area contributed by atoms with E-state index in [0.717, 1.165) is 52.2 Å². The zero-order valence-corrected chi connectivity index (χ0v) is 28.9. The molecule has 1 unspecified atom stereocenters. The Morgan fingerprint density at radius 2 is 1.49 bits per heavy atom. The summed E-state index contributed by atoms with van der Waals surface area (Å²) in [7, 11) is -4.23. The molecule has 10 heteroatoms. The third-order valence-electron chi connectivity index (χ3n) is 8.67. The molecule has 2 amide bonds. The van der Waals surface area contributed by atoms with Gasteiger partial charge in [-0.05, 0) is 97.5 Å². The van der Waals surface area contributed by atoms with Crippen molar-refractivity contribution in [3.8, 4) is 0 Å². The number of benzene rings is 4. The number of hydrogen-bond donors (Lipinski definition) is 1. The van der Waals surface area contributed by atoms with Crippen LogP contribution in [0.25, 0.3) is 0 Å². The molecule has 7 nitrogen and oxygen atoms in total. The van der Waals surface area contributed by atoms with Crippen molar-refractivity contribution in [2.45, 2.75) is 69.5 Å². The molecule has 1 aliphatic carbocycles. The molecular formula is C37H39Cl2N3O4S. The first kappa shape index (κ1) is 34.5. The lowest BCUT2D eigenvalue weighted by Crippen LogP contribution is -2.54. The van der Waals surface area contributed by atoms with Crippen LogP contribution in [0.3, 0.4) is 0 Å². The molecule has 0 bridgehead atoms. The highest BCUT2D eigenvalue weighted by atomic mass is 35.5. The van der Waals surface area contributed by atoms with E-state index in [1.165, 1.54) is 29.2 Å². The SMILES string of the molecule is Cc1ccc(N(CC(=O)N(Cc2cccc(Cl)c2)C(Cc2ccccc2)C(=O)NC2CCCC2)S(=O)(=O)c2ccc(Cl)cc2)cc1C. The maximum Gasteiger partial charge on any atom is 0.264 e. The Kier molecular flexibility index (Phi) is 11.3. The number of amides is 2. The van der Waals surface area contributed by atoms with Gasteiger partial charge in [0, 0.05) is 29.1 Å². The van der Waals surface area contributed by atoms with Crippen molar-refractivity contribution >= 4 is 50.7 Å².